The van der Waals surface area contributed by atoms with Crippen LogP contribution in [-0.4, -0.2) is 146 Å². The first-order chi connectivity index (χ1) is 31.7. The van der Waals surface area contributed by atoms with E-state index >= 15 is 0 Å². The Kier molecular flexibility index (Phi) is 18.8. The molecule has 7 fully saturated rings. The van der Waals surface area contributed by atoms with Crippen LogP contribution in [-0.2, 0) is 33.3 Å². The molecule has 4 aliphatic carbocycles. The van der Waals surface area contributed by atoms with Crippen LogP contribution in [0.4, 0.5) is 19.2 Å². The number of likely N-dealkylation sites (tertiary alicyclic amines) is 2. The van der Waals surface area contributed by atoms with E-state index in [1.54, 1.807) is 4.90 Å². The lowest BCUT2D eigenvalue weighted by atomic mass is 9.78. The highest BCUT2D eigenvalue weighted by Crippen LogP contribution is 2.37. The fraction of sp³-hybridized carbons (Fsp3) is 0.854. The molecule has 7 aliphatic rings. The molecule has 0 spiro atoms. The number of alkyl carbamates (subject to hydrolysis) is 1. The quantitative estimate of drug-likeness (QED) is 0.0476. The van der Waals surface area contributed by atoms with Gasteiger partial charge in [-0.3, -0.25) is 10.1 Å². The molecule has 0 aromatic heterocycles. The lowest BCUT2D eigenvalue weighted by Crippen LogP contribution is -2.70. The molecule has 0 aromatic rings. The second kappa shape index (κ2) is 25.1. The van der Waals surface area contributed by atoms with Crippen molar-refractivity contribution in [2.75, 3.05) is 72.3 Å². The molecule has 2 unspecified atom stereocenters. The van der Waals surface area contributed by atoms with Crippen LogP contribution >= 0.6 is 0 Å². The third kappa shape index (κ3) is 14.4. The molecule has 65 heavy (non-hydrogen) atoms. The average molecular weight is 913 g/mol. The van der Waals surface area contributed by atoms with Gasteiger partial charge in [-0.1, -0.05) is 77.0 Å². The Hall–Kier alpha value is -4.15. The van der Waals surface area contributed by atoms with E-state index in [0.29, 0.717) is 51.0 Å². The number of carbonyl (C=O) groups excluding carboxylic acids is 6. The zero-order valence-corrected chi connectivity index (χ0v) is 38.8. The number of piperidine rings is 1. The molecular weight excluding hydrogens is 837 g/mol. The van der Waals surface area contributed by atoms with E-state index in [1.165, 1.54) is 24.2 Å². The minimum absolute atomic E-state index is 0.0490. The van der Waals surface area contributed by atoms with Crippen molar-refractivity contribution in [3.63, 3.8) is 0 Å². The van der Waals surface area contributed by atoms with Crippen LogP contribution < -0.4 is 5.32 Å². The molecule has 17 heteroatoms. The third-order valence-corrected chi connectivity index (χ3v) is 15.0. The van der Waals surface area contributed by atoms with E-state index in [9.17, 15) is 28.8 Å². The fourth-order valence-corrected chi connectivity index (χ4v) is 11.1. The maximum atomic E-state index is 14.1. The van der Waals surface area contributed by atoms with Crippen molar-refractivity contribution >= 4 is 42.1 Å². The van der Waals surface area contributed by atoms with E-state index < -0.39 is 48.1 Å². The van der Waals surface area contributed by atoms with Gasteiger partial charge in [-0.05, 0) is 94.3 Å². The maximum Gasteiger partial charge on any atom is 0.436 e. The predicted molar refractivity (Wildman–Crippen MR) is 240 cm³/mol. The third-order valence-electron chi connectivity index (χ3n) is 15.0. The highest BCUT2D eigenvalue weighted by Gasteiger charge is 2.57. The minimum Gasteiger partial charge on any atom is -0.464 e. The molecule has 0 bridgehead atoms. The largest absolute Gasteiger partial charge is 0.464 e. The lowest BCUT2D eigenvalue weighted by molar-refractivity contribution is -0.172. The molecule has 1 N–H and O–H groups in total. The summed E-state index contributed by atoms with van der Waals surface area (Å²) in [6.45, 7) is 3.01. The highest BCUT2D eigenvalue weighted by atomic mass is 16.6. The maximum absolute atomic E-state index is 14.1. The lowest BCUT2D eigenvalue weighted by Gasteiger charge is -2.48. The van der Waals surface area contributed by atoms with Gasteiger partial charge in [0.15, 0.2) is 6.04 Å². The summed E-state index contributed by atoms with van der Waals surface area (Å²) >= 11 is 0. The Balaban J connectivity index is 0.961. The molecule has 6 amide bonds. The summed E-state index contributed by atoms with van der Waals surface area (Å²) in [6.07, 6.45) is 21.8. The SMILES string of the molecule is O=C(/N=C(\NC(=O)OCC1CCCCC1)N1CCCC(C[C@H]2C(=O)N(C(=O)N3CCN(C(=O)OCCOC4CCCCC4)CC3)C2C(=O)OCC2CCCCC2)C1)OCC1CCCCC1. The van der Waals surface area contributed by atoms with E-state index in [-0.39, 0.29) is 69.9 Å². The van der Waals surface area contributed by atoms with Crippen LogP contribution in [0.3, 0.4) is 0 Å². The highest BCUT2D eigenvalue weighted by molar-refractivity contribution is 6.08. The smallest absolute Gasteiger partial charge is 0.436 e. The van der Waals surface area contributed by atoms with Gasteiger partial charge < -0.3 is 38.4 Å². The van der Waals surface area contributed by atoms with Gasteiger partial charge in [-0.15, -0.1) is 4.99 Å². The molecule has 0 aromatic carbocycles. The standard InChI is InChI=1S/C48H76N6O11/c55-42-40(30-38-20-13-23-53(31-38)44(49-45(57)64-33-36-16-7-2-8-17-36)50-46(58)65-34-37-18-9-3-10-19-37)41(43(56)63-32-35-14-5-1-6-15-35)54(42)47(59)51-24-26-52(27-25-51)48(60)62-29-28-61-39-21-11-4-12-22-39/h35-41H,1-34H2,(H,49,50,57,58)/t38?,40-,41?/m1/s1. The Labute approximate surface area is 385 Å². The molecule has 3 heterocycles. The number of aliphatic imine (C=N–C) groups is 1. The number of nitrogens with one attached hydrogen (secondary N) is 1. The first-order valence-corrected chi connectivity index (χ1v) is 25.5. The number of rotatable bonds is 13. The summed E-state index contributed by atoms with van der Waals surface area (Å²) in [4.78, 5) is 91.6. The molecule has 4 saturated carbocycles. The van der Waals surface area contributed by atoms with E-state index in [2.05, 4.69) is 10.3 Å². The van der Waals surface area contributed by atoms with Crippen molar-refractivity contribution in [2.24, 2.45) is 34.6 Å². The predicted octanol–water partition coefficient (Wildman–Crippen LogP) is 7.64. The van der Waals surface area contributed by atoms with Crippen molar-refractivity contribution in [1.82, 2.24) is 24.9 Å². The number of urea groups is 1. The van der Waals surface area contributed by atoms with Crippen molar-refractivity contribution in [1.29, 1.82) is 0 Å². The molecule has 3 aliphatic heterocycles. The van der Waals surface area contributed by atoms with Gasteiger partial charge in [0.1, 0.15) is 6.61 Å². The number of hydrogen-bond acceptors (Lipinski definition) is 11. The van der Waals surface area contributed by atoms with Gasteiger partial charge in [-0.2, -0.15) is 0 Å². The summed E-state index contributed by atoms with van der Waals surface area (Å²) in [5.74, 6) is -1.04. The van der Waals surface area contributed by atoms with Crippen molar-refractivity contribution in [3.05, 3.63) is 0 Å². The van der Waals surface area contributed by atoms with Crippen molar-refractivity contribution in [2.45, 2.75) is 160 Å². The Morgan fingerprint density at radius 2 is 1.09 bits per heavy atom. The number of hydrogen-bond donors (Lipinski definition) is 1. The van der Waals surface area contributed by atoms with Crippen molar-refractivity contribution < 1.29 is 52.5 Å². The first kappa shape index (κ1) is 48.8. The number of β-lactam (4-membered cyclic amide) rings is 1. The fourth-order valence-electron chi connectivity index (χ4n) is 11.1. The Morgan fingerprint density at radius 3 is 1.71 bits per heavy atom. The van der Waals surface area contributed by atoms with Crippen LogP contribution in [0.15, 0.2) is 4.99 Å². The average Bonchev–Trinajstić information content (AvgIpc) is 3.35. The van der Waals surface area contributed by atoms with Gasteiger partial charge >= 0.3 is 30.3 Å². The molecule has 17 nitrogen and oxygen atoms in total. The topological polar surface area (TPSA) is 186 Å². The van der Waals surface area contributed by atoms with E-state index in [1.807, 2.05) is 4.90 Å². The summed E-state index contributed by atoms with van der Waals surface area (Å²) in [7, 11) is 0. The van der Waals surface area contributed by atoms with Gasteiger partial charge in [0, 0.05) is 39.3 Å². The number of carbonyl (C=O) groups is 6. The van der Waals surface area contributed by atoms with Gasteiger partial charge in [0.25, 0.3) is 0 Å². The van der Waals surface area contributed by atoms with Gasteiger partial charge in [-0.25, -0.2) is 28.9 Å². The van der Waals surface area contributed by atoms with Crippen LogP contribution in [0.2, 0.25) is 0 Å². The number of guanidine groups is 1. The van der Waals surface area contributed by atoms with Gasteiger partial charge in [0.2, 0.25) is 11.9 Å². The van der Waals surface area contributed by atoms with Crippen LogP contribution in [0.1, 0.15) is 148 Å². The summed E-state index contributed by atoms with van der Waals surface area (Å²) < 4.78 is 28.5. The Bertz CT molecular complexity index is 1620. The van der Waals surface area contributed by atoms with Gasteiger partial charge in [0.05, 0.1) is 38.4 Å². The van der Waals surface area contributed by atoms with Crippen LogP contribution in [0, 0.1) is 29.6 Å². The van der Waals surface area contributed by atoms with Crippen LogP contribution in [0.5, 0.6) is 0 Å². The summed E-state index contributed by atoms with van der Waals surface area (Å²) in [5.41, 5.74) is 0. The first-order valence-electron chi connectivity index (χ1n) is 25.5. The minimum atomic E-state index is -1.09. The van der Waals surface area contributed by atoms with Crippen LogP contribution in [0.25, 0.3) is 0 Å². The second-order valence-corrected chi connectivity index (χ2v) is 19.8. The number of nitrogens with zero attached hydrogens (tertiary/aromatic N) is 5. The molecule has 7 rings (SSSR count). The molecule has 364 valence electrons. The number of ether oxygens (including phenoxy) is 5. The second-order valence-electron chi connectivity index (χ2n) is 19.8. The Morgan fingerprint density at radius 1 is 0.554 bits per heavy atom. The zero-order valence-electron chi connectivity index (χ0n) is 38.8. The summed E-state index contributed by atoms with van der Waals surface area (Å²) in [6, 6.07) is -1.65. The zero-order chi connectivity index (χ0) is 45.4. The number of amides is 6. The molecule has 3 atom stereocenters. The summed E-state index contributed by atoms with van der Waals surface area (Å²) in [5, 5.41) is 2.75. The molecule has 3 saturated heterocycles. The number of esters is 1. The normalized spacial score (nSPS) is 25.7. The monoisotopic (exact) mass is 913 g/mol. The molecule has 0 radical (unpaired) electrons. The molecular formula is C48H76N6O11. The number of imide groups is 1. The van der Waals surface area contributed by atoms with E-state index in [0.717, 1.165) is 120 Å². The number of piperazine rings is 1. The van der Waals surface area contributed by atoms with E-state index in [4.69, 9.17) is 23.7 Å². The van der Waals surface area contributed by atoms with Crippen molar-refractivity contribution in [3.8, 4) is 0 Å².